The van der Waals surface area contributed by atoms with Crippen molar-refractivity contribution in [1.29, 1.82) is 0 Å². The van der Waals surface area contributed by atoms with Gasteiger partial charge >= 0.3 is 5.97 Å². The average molecular weight is 428 g/mol. The molecule has 1 saturated heterocycles. The van der Waals surface area contributed by atoms with Gasteiger partial charge in [0.2, 0.25) is 11.8 Å². The first-order valence-corrected chi connectivity index (χ1v) is 9.58. The topological polar surface area (TPSA) is 103 Å². The minimum atomic E-state index is -0.490. The Kier molecular flexibility index (Phi) is 6.96. The first-order valence-electron chi connectivity index (χ1n) is 9.58. The highest BCUT2D eigenvalue weighted by Gasteiger charge is 2.35. The van der Waals surface area contributed by atoms with E-state index < -0.39 is 11.9 Å². The molecule has 9 heteroatoms. The number of amides is 2. The maximum Gasteiger partial charge on any atom is 0.343 e. The zero-order chi connectivity index (χ0) is 22.4. The summed E-state index contributed by atoms with van der Waals surface area (Å²) in [5.74, 6) is 0.178. The first-order chi connectivity index (χ1) is 14.9. The number of nitrogens with one attached hydrogen (secondary N) is 1. The fourth-order valence-electron chi connectivity index (χ4n) is 3.21. The molecule has 1 fully saturated rings. The number of rotatable bonds is 8. The molecule has 0 aromatic heterocycles. The van der Waals surface area contributed by atoms with Gasteiger partial charge in [-0.25, -0.2) is 4.79 Å². The summed E-state index contributed by atoms with van der Waals surface area (Å²) < 4.78 is 20.3. The quantitative estimate of drug-likeness (QED) is 0.643. The fourth-order valence-corrected chi connectivity index (χ4v) is 3.21. The highest BCUT2D eigenvalue weighted by Crippen LogP contribution is 2.34. The van der Waals surface area contributed by atoms with Crippen LogP contribution in [-0.4, -0.2) is 52.3 Å². The van der Waals surface area contributed by atoms with E-state index in [1.165, 1.54) is 21.3 Å². The van der Waals surface area contributed by atoms with Gasteiger partial charge in [-0.05, 0) is 36.4 Å². The zero-order valence-corrected chi connectivity index (χ0v) is 17.5. The van der Waals surface area contributed by atoms with Gasteiger partial charge in [0.05, 0.1) is 27.2 Å². The third-order valence-electron chi connectivity index (χ3n) is 4.88. The lowest BCUT2D eigenvalue weighted by atomic mass is 10.1. The van der Waals surface area contributed by atoms with E-state index in [-0.39, 0.29) is 31.4 Å². The van der Waals surface area contributed by atoms with Gasteiger partial charge in [0, 0.05) is 30.4 Å². The van der Waals surface area contributed by atoms with Crippen LogP contribution in [-0.2, 0) is 19.1 Å². The van der Waals surface area contributed by atoms with E-state index in [1.54, 1.807) is 47.4 Å². The lowest BCUT2D eigenvalue weighted by Crippen LogP contribution is -2.28. The van der Waals surface area contributed by atoms with Crippen molar-refractivity contribution in [3.63, 3.8) is 0 Å². The zero-order valence-electron chi connectivity index (χ0n) is 17.5. The molecule has 0 spiro atoms. The Morgan fingerprint density at radius 2 is 1.74 bits per heavy atom. The molecular weight excluding hydrogens is 404 g/mol. The van der Waals surface area contributed by atoms with Crippen LogP contribution in [0.15, 0.2) is 42.5 Å². The second-order valence-electron chi connectivity index (χ2n) is 6.82. The number of hydrogen-bond acceptors (Lipinski definition) is 7. The van der Waals surface area contributed by atoms with E-state index in [4.69, 9.17) is 14.2 Å². The Labute approximate surface area is 179 Å². The van der Waals surface area contributed by atoms with Gasteiger partial charge in [-0.15, -0.1) is 0 Å². The lowest BCUT2D eigenvalue weighted by Gasteiger charge is -2.18. The smallest absolute Gasteiger partial charge is 0.343 e. The average Bonchev–Trinajstić information content (AvgIpc) is 3.19. The summed E-state index contributed by atoms with van der Waals surface area (Å²) in [7, 11) is 4.34. The summed E-state index contributed by atoms with van der Waals surface area (Å²) in [6, 6.07) is 11.8. The molecular formula is C22H24N2O7. The molecule has 1 N–H and O–H groups in total. The molecule has 9 nitrogen and oxygen atoms in total. The van der Waals surface area contributed by atoms with Gasteiger partial charge in [0.1, 0.15) is 5.75 Å². The van der Waals surface area contributed by atoms with E-state index in [0.717, 1.165) is 0 Å². The Bertz CT molecular complexity index is 959. The molecule has 1 unspecified atom stereocenters. The largest absolute Gasteiger partial charge is 0.493 e. The molecule has 2 amide bonds. The first kappa shape index (κ1) is 21.9. The molecule has 0 bridgehead atoms. The Hall–Kier alpha value is -3.75. The number of anilines is 2. The van der Waals surface area contributed by atoms with Crippen molar-refractivity contribution < 1.29 is 33.3 Å². The molecule has 0 aliphatic carbocycles. The van der Waals surface area contributed by atoms with Crippen molar-refractivity contribution in [3.8, 4) is 17.2 Å². The Balaban J connectivity index is 1.61. The molecule has 1 aliphatic rings. The molecule has 3 rings (SSSR count). The van der Waals surface area contributed by atoms with E-state index in [9.17, 15) is 14.4 Å². The summed E-state index contributed by atoms with van der Waals surface area (Å²) in [5.41, 5.74) is 1.21. The predicted octanol–water partition coefficient (Wildman–Crippen LogP) is 2.25. The van der Waals surface area contributed by atoms with Crippen LogP contribution in [0.4, 0.5) is 11.4 Å². The molecule has 1 atom stereocenters. The van der Waals surface area contributed by atoms with Gasteiger partial charge in [-0.1, -0.05) is 0 Å². The van der Waals surface area contributed by atoms with Crippen molar-refractivity contribution >= 4 is 29.2 Å². The summed E-state index contributed by atoms with van der Waals surface area (Å²) in [6.45, 7) is 0.0683. The fraction of sp³-hybridized carbons (Fsp3) is 0.318. The molecule has 31 heavy (non-hydrogen) atoms. The van der Waals surface area contributed by atoms with Crippen LogP contribution in [0.1, 0.15) is 6.42 Å². The van der Waals surface area contributed by atoms with Crippen molar-refractivity contribution in [2.24, 2.45) is 5.92 Å². The van der Waals surface area contributed by atoms with Gasteiger partial charge in [0.25, 0.3) is 0 Å². The van der Waals surface area contributed by atoms with E-state index in [2.05, 4.69) is 10.1 Å². The van der Waals surface area contributed by atoms with Crippen LogP contribution in [0.5, 0.6) is 17.2 Å². The molecule has 2 aromatic carbocycles. The maximum atomic E-state index is 12.7. The predicted molar refractivity (Wildman–Crippen MR) is 113 cm³/mol. The number of hydrogen-bond donors (Lipinski definition) is 1. The number of esters is 1. The van der Waals surface area contributed by atoms with Crippen molar-refractivity contribution in [2.75, 3.05) is 44.7 Å². The highest BCUT2D eigenvalue weighted by atomic mass is 16.6. The van der Waals surface area contributed by atoms with E-state index in [0.29, 0.717) is 28.6 Å². The standard InChI is InChI=1S/C22H24N2O7/c1-28-18-9-6-16(11-19(18)29-2)24-12-14(10-20(24)25)22(27)23-15-4-7-17(8-5-15)31-13-21(26)30-3/h4-9,11,14H,10,12-13H2,1-3H3,(H,23,27). The lowest BCUT2D eigenvalue weighted by molar-refractivity contribution is -0.142. The minimum Gasteiger partial charge on any atom is -0.493 e. The van der Waals surface area contributed by atoms with E-state index in [1.807, 2.05) is 0 Å². The number of carbonyl (C=O) groups is 3. The number of ether oxygens (including phenoxy) is 4. The molecule has 1 aliphatic heterocycles. The molecule has 0 saturated carbocycles. The van der Waals surface area contributed by atoms with Crippen LogP contribution < -0.4 is 24.4 Å². The number of nitrogens with zero attached hydrogens (tertiary/aromatic N) is 1. The molecule has 164 valence electrons. The van der Waals surface area contributed by atoms with Gasteiger partial charge < -0.3 is 29.2 Å². The van der Waals surface area contributed by atoms with Crippen LogP contribution in [0.3, 0.4) is 0 Å². The van der Waals surface area contributed by atoms with Crippen LogP contribution in [0.25, 0.3) is 0 Å². The Morgan fingerprint density at radius 3 is 2.39 bits per heavy atom. The van der Waals surface area contributed by atoms with Crippen LogP contribution in [0, 0.1) is 5.92 Å². The highest BCUT2D eigenvalue weighted by molar-refractivity contribution is 6.03. The van der Waals surface area contributed by atoms with Gasteiger partial charge in [-0.2, -0.15) is 0 Å². The summed E-state index contributed by atoms with van der Waals surface area (Å²) in [6.07, 6.45) is 0.112. The third-order valence-corrected chi connectivity index (χ3v) is 4.88. The molecule has 1 heterocycles. The van der Waals surface area contributed by atoms with Crippen molar-refractivity contribution in [1.82, 2.24) is 0 Å². The number of benzene rings is 2. The van der Waals surface area contributed by atoms with Crippen LogP contribution >= 0.6 is 0 Å². The SMILES string of the molecule is COC(=O)COc1ccc(NC(=O)C2CC(=O)N(c3ccc(OC)c(OC)c3)C2)cc1. The normalized spacial score (nSPS) is 15.4. The van der Waals surface area contributed by atoms with Gasteiger partial charge in [-0.3, -0.25) is 9.59 Å². The van der Waals surface area contributed by atoms with Crippen molar-refractivity contribution in [3.05, 3.63) is 42.5 Å². The van der Waals surface area contributed by atoms with Crippen LogP contribution in [0.2, 0.25) is 0 Å². The second kappa shape index (κ2) is 9.84. The summed E-state index contributed by atoms with van der Waals surface area (Å²) in [4.78, 5) is 37.9. The monoisotopic (exact) mass is 428 g/mol. The third kappa shape index (κ3) is 5.25. The Morgan fingerprint density at radius 1 is 1.03 bits per heavy atom. The number of carbonyl (C=O) groups excluding carboxylic acids is 3. The molecule has 0 radical (unpaired) electrons. The summed E-state index contributed by atoms with van der Waals surface area (Å²) >= 11 is 0. The maximum absolute atomic E-state index is 12.7. The second-order valence-corrected chi connectivity index (χ2v) is 6.82. The van der Waals surface area contributed by atoms with Gasteiger partial charge in [0.15, 0.2) is 18.1 Å². The minimum absolute atomic E-state index is 0.112. The molecule has 2 aromatic rings. The summed E-state index contributed by atoms with van der Waals surface area (Å²) in [5, 5.41) is 2.81. The van der Waals surface area contributed by atoms with Crippen molar-refractivity contribution in [2.45, 2.75) is 6.42 Å². The van der Waals surface area contributed by atoms with E-state index >= 15 is 0 Å². The number of methoxy groups -OCH3 is 3.